The van der Waals surface area contributed by atoms with Gasteiger partial charge in [0.25, 0.3) is 0 Å². The van der Waals surface area contributed by atoms with Crippen LogP contribution in [-0.4, -0.2) is 33.1 Å². The Morgan fingerprint density at radius 3 is 2.22 bits per heavy atom. The maximum Gasteiger partial charge on any atom is 0.409 e. The van der Waals surface area contributed by atoms with E-state index in [-0.39, 0.29) is 19.8 Å². The van der Waals surface area contributed by atoms with Gasteiger partial charge in [-0.2, -0.15) is 0 Å². The van der Waals surface area contributed by atoms with E-state index < -0.39 is 17.4 Å². The number of ether oxygens (including phenoxy) is 2. The number of hydrogen-bond donors (Lipinski definition) is 1. The quantitative estimate of drug-likeness (QED) is 0.152. The zero-order valence-electron chi connectivity index (χ0n) is 26.5. The second-order valence-corrected chi connectivity index (χ2v) is 12.7. The average Bonchev–Trinajstić information content (AvgIpc) is 3.51. The molecule has 0 bridgehead atoms. The van der Waals surface area contributed by atoms with Crippen molar-refractivity contribution in [2.45, 2.75) is 58.9 Å². The van der Waals surface area contributed by atoms with Crippen LogP contribution in [0, 0.1) is 19.3 Å². The molecule has 4 aromatic rings. The highest BCUT2D eigenvalue weighted by Gasteiger charge is 2.54. The minimum atomic E-state index is -1.39. The molecule has 1 heterocycles. The summed E-state index contributed by atoms with van der Waals surface area (Å²) >= 11 is 0. The van der Waals surface area contributed by atoms with E-state index in [2.05, 4.69) is 96.7 Å². The molecular weight excluding hydrogens is 559 g/mol. The van der Waals surface area contributed by atoms with Crippen LogP contribution in [0.1, 0.15) is 59.1 Å². The Balaban J connectivity index is 1.48. The second kappa shape index (κ2) is 11.4. The number of carbonyl (C=O) groups is 2. The van der Waals surface area contributed by atoms with E-state index in [1.807, 2.05) is 0 Å². The molecule has 0 saturated heterocycles. The number of anilines is 2. The average molecular weight is 599 g/mol. The SMILES string of the molecule is COC(=O)C1(C(=O)OC)Cc2c(C)c(B3Nc4cccc5cccc(c45)N3Cc3ccccc3)c(C3=CCCCC3)c(C)c2C1. The van der Waals surface area contributed by atoms with Crippen molar-refractivity contribution >= 4 is 52.1 Å². The van der Waals surface area contributed by atoms with Crippen LogP contribution in [0.4, 0.5) is 11.4 Å². The van der Waals surface area contributed by atoms with Crippen molar-refractivity contribution in [2.24, 2.45) is 5.41 Å². The minimum absolute atomic E-state index is 0.182. The van der Waals surface area contributed by atoms with Crippen LogP contribution in [0.5, 0.6) is 0 Å². The summed E-state index contributed by atoms with van der Waals surface area (Å²) in [5.74, 6) is -1.07. The molecule has 6 nitrogen and oxygen atoms in total. The Kier molecular flexibility index (Phi) is 7.43. The van der Waals surface area contributed by atoms with Crippen molar-refractivity contribution in [1.82, 2.24) is 0 Å². The third-order valence-corrected chi connectivity index (χ3v) is 10.3. The van der Waals surface area contributed by atoms with E-state index in [0.717, 1.165) is 47.2 Å². The summed E-state index contributed by atoms with van der Waals surface area (Å²) in [5, 5.41) is 6.41. The van der Waals surface area contributed by atoms with Crippen molar-refractivity contribution in [3.05, 3.63) is 106 Å². The number of rotatable bonds is 6. The van der Waals surface area contributed by atoms with E-state index in [1.165, 1.54) is 59.3 Å². The fraction of sp³-hybridized carbons (Fsp3) is 0.316. The summed E-state index contributed by atoms with van der Waals surface area (Å²) in [7, 11) is 2.70. The summed E-state index contributed by atoms with van der Waals surface area (Å²) in [6.07, 6.45) is 7.33. The van der Waals surface area contributed by atoms with Crippen LogP contribution in [0.2, 0.25) is 0 Å². The predicted molar refractivity (Wildman–Crippen MR) is 182 cm³/mol. The second-order valence-electron chi connectivity index (χ2n) is 12.7. The molecule has 0 spiro atoms. The van der Waals surface area contributed by atoms with Gasteiger partial charge in [0.2, 0.25) is 0 Å². The van der Waals surface area contributed by atoms with Gasteiger partial charge in [-0.15, -0.1) is 0 Å². The number of benzene rings is 4. The molecule has 0 atom stereocenters. The van der Waals surface area contributed by atoms with E-state index >= 15 is 0 Å². The summed E-state index contributed by atoms with van der Waals surface area (Å²) in [4.78, 5) is 29.2. The van der Waals surface area contributed by atoms with Gasteiger partial charge in [-0.1, -0.05) is 60.7 Å². The summed E-state index contributed by atoms with van der Waals surface area (Å²) < 4.78 is 10.5. The van der Waals surface area contributed by atoms with Crippen molar-refractivity contribution in [3.63, 3.8) is 0 Å². The first-order valence-corrected chi connectivity index (χ1v) is 16.0. The van der Waals surface area contributed by atoms with Crippen molar-refractivity contribution in [3.8, 4) is 0 Å². The molecule has 228 valence electrons. The first-order chi connectivity index (χ1) is 21.9. The zero-order chi connectivity index (χ0) is 31.3. The van der Waals surface area contributed by atoms with Gasteiger partial charge in [0.05, 0.1) is 14.2 Å². The molecule has 0 saturated carbocycles. The van der Waals surface area contributed by atoms with Crippen LogP contribution >= 0.6 is 0 Å². The Hall–Kier alpha value is -4.52. The third-order valence-electron chi connectivity index (χ3n) is 10.3. The molecule has 45 heavy (non-hydrogen) atoms. The van der Waals surface area contributed by atoms with Gasteiger partial charge in [-0.25, -0.2) is 0 Å². The number of allylic oxidation sites excluding steroid dienone is 2. The lowest BCUT2D eigenvalue weighted by molar-refractivity contribution is -0.168. The normalized spacial score (nSPS) is 16.6. The summed E-state index contributed by atoms with van der Waals surface area (Å²) in [5.41, 5.74) is 10.3. The Morgan fingerprint density at radius 2 is 1.56 bits per heavy atom. The van der Waals surface area contributed by atoms with Crippen molar-refractivity contribution in [1.29, 1.82) is 0 Å². The molecule has 7 rings (SSSR count). The standard InChI is InChI=1S/C38H39BN2O4/c1-24-29-21-38(36(42)44-3,37(43)45-4)22-30(29)25(2)35(33(24)27-15-9-6-10-16-27)39-40-31-19-11-17-28-18-12-20-32(34(28)31)41(39)23-26-13-7-5-8-14-26/h5,7-8,11-15,17-20,40H,6,9-10,16,21-23H2,1-4H3. The maximum atomic E-state index is 13.3. The molecule has 1 N–H and O–H groups in total. The molecule has 0 amide bonds. The number of carbonyl (C=O) groups excluding carboxylic acids is 2. The highest BCUT2D eigenvalue weighted by atomic mass is 16.5. The predicted octanol–water partition coefficient (Wildman–Crippen LogP) is 6.67. The molecular formula is C38H39BN2O4. The van der Waals surface area contributed by atoms with Crippen LogP contribution in [0.15, 0.2) is 72.8 Å². The van der Waals surface area contributed by atoms with Crippen molar-refractivity contribution in [2.75, 3.05) is 24.3 Å². The summed E-state index contributed by atoms with van der Waals surface area (Å²) in [6, 6.07) is 23.6. The first kappa shape index (κ1) is 29.2. The lowest BCUT2D eigenvalue weighted by Crippen LogP contribution is -2.58. The molecule has 0 unspecified atom stereocenters. The van der Waals surface area contributed by atoms with Crippen LogP contribution in [-0.2, 0) is 38.4 Å². The molecule has 7 heteroatoms. The van der Waals surface area contributed by atoms with E-state index in [9.17, 15) is 9.59 Å². The molecule has 1 aliphatic heterocycles. The van der Waals surface area contributed by atoms with Gasteiger partial charge in [0, 0.05) is 36.1 Å². The van der Waals surface area contributed by atoms with Gasteiger partial charge < -0.3 is 19.5 Å². The number of nitrogens with one attached hydrogen (secondary N) is 1. The smallest absolute Gasteiger partial charge is 0.409 e. The van der Waals surface area contributed by atoms with E-state index in [4.69, 9.17) is 9.47 Å². The highest BCUT2D eigenvalue weighted by molar-refractivity contribution is 6.81. The lowest BCUT2D eigenvalue weighted by atomic mass is 9.57. The van der Waals surface area contributed by atoms with Crippen LogP contribution in [0.3, 0.4) is 0 Å². The Bertz CT molecular complexity index is 1840. The fourth-order valence-electron chi connectivity index (χ4n) is 8.11. The molecule has 0 radical (unpaired) electrons. The fourth-order valence-corrected chi connectivity index (χ4v) is 8.11. The number of hydrogen-bond acceptors (Lipinski definition) is 6. The highest BCUT2D eigenvalue weighted by Crippen LogP contribution is 2.46. The van der Waals surface area contributed by atoms with Gasteiger partial charge in [-0.3, -0.25) is 9.59 Å². The van der Waals surface area contributed by atoms with Gasteiger partial charge >= 0.3 is 18.9 Å². The molecule has 3 aliphatic rings. The van der Waals surface area contributed by atoms with Gasteiger partial charge in [-0.05, 0) is 101 Å². The lowest BCUT2D eigenvalue weighted by Gasteiger charge is -2.40. The largest absolute Gasteiger partial charge is 0.468 e. The van der Waals surface area contributed by atoms with Gasteiger partial charge in [0.1, 0.15) is 0 Å². The Morgan fingerprint density at radius 1 is 0.867 bits per heavy atom. The summed E-state index contributed by atoms with van der Waals surface area (Å²) in [6.45, 7) is 4.89. The monoisotopic (exact) mass is 598 g/mol. The number of nitrogens with zero attached hydrogens (tertiary/aromatic N) is 1. The zero-order valence-corrected chi connectivity index (χ0v) is 26.5. The maximum absolute atomic E-state index is 13.3. The molecule has 0 fully saturated rings. The van der Waals surface area contributed by atoms with E-state index in [1.54, 1.807) is 0 Å². The molecule has 4 aromatic carbocycles. The van der Waals surface area contributed by atoms with Crippen molar-refractivity contribution < 1.29 is 19.1 Å². The first-order valence-electron chi connectivity index (χ1n) is 16.0. The van der Waals surface area contributed by atoms with Gasteiger partial charge in [0.15, 0.2) is 5.41 Å². The number of fused-ring (bicyclic) bond motifs is 1. The Labute approximate surface area is 265 Å². The topological polar surface area (TPSA) is 67.9 Å². The molecule has 0 aromatic heterocycles. The molecule has 2 aliphatic carbocycles. The van der Waals surface area contributed by atoms with Crippen LogP contribution < -0.4 is 15.5 Å². The minimum Gasteiger partial charge on any atom is -0.468 e. The van der Waals surface area contributed by atoms with E-state index in [0.29, 0.717) is 6.54 Å². The third kappa shape index (κ3) is 4.63. The van der Waals surface area contributed by atoms with Crippen LogP contribution in [0.25, 0.3) is 16.3 Å². The number of methoxy groups -OCH3 is 2. The number of esters is 2.